The van der Waals surface area contributed by atoms with Gasteiger partial charge >= 0.3 is 0 Å². The van der Waals surface area contributed by atoms with Crippen molar-refractivity contribution in [1.29, 1.82) is 0 Å². The fourth-order valence-corrected chi connectivity index (χ4v) is 3.47. The van der Waals surface area contributed by atoms with Gasteiger partial charge in [-0.3, -0.25) is 11.3 Å². The van der Waals surface area contributed by atoms with Crippen LogP contribution in [0.15, 0.2) is 47.4 Å². The fourth-order valence-electron chi connectivity index (χ4n) is 1.75. The smallest absolute Gasteiger partial charge is 0.0640 e. The molecule has 0 fully saturated rings. The van der Waals surface area contributed by atoms with Crippen molar-refractivity contribution in [3.8, 4) is 0 Å². The van der Waals surface area contributed by atoms with Crippen molar-refractivity contribution in [3.05, 3.63) is 63.1 Å². The summed E-state index contributed by atoms with van der Waals surface area (Å²) in [5.41, 5.74) is 3.66. The molecule has 0 aliphatic carbocycles. The van der Waals surface area contributed by atoms with Crippen LogP contribution in [-0.4, -0.2) is 5.75 Å². The van der Waals surface area contributed by atoms with Crippen molar-refractivity contribution < 1.29 is 0 Å². The second-order valence-electron chi connectivity index (χ2n) is 4.13. The van der Waals surface area contributed by atoms with Crippen molar-refractivity contribution in [2.75, 3.05) is 5.75 Å². The molecule has 0 bridgehead atoms. The lowest BCUT2D eigenvalue weighted by Gasteiger charge is -2.18. The van der Waals surface area contributed by atoms with Crippen LogP contribution in [0.1, 0.15) is 11.6 Å². The Morgan fingerprint density at radius 2 is 1.85 bits per heavy atom. The number of nitrogens with two attached hydrogens (primary N) is 1. The standard InChI is InChI=1S/C14H13Cl3N2S/c15-9-3-1-4-10(7-9)20-8-13(19-18)11-5-2-6-12(16)14(11)17/h1-7,13,19H,8,18H2. The average Bonchev–Trinajstić information content (AvgIpc) is 2.44. The molecule has 1 atom stereocenters. The van der Waals surface area contributed by atoms with Gasteiger partial charge in [-0.1, -0.05) is 53.0 Å². The molecule has 0 saturated heterocycles. The first-order chi connectivity index (χ1) is 9.61. The minimum atomic E-state index is -0.0924. The summed E-state index contributed by atoms with van der Waals surface area (Å²) >= 11 is 19.9. The summed E-state index contributed by atoms with van der Waals surface area (Å²) in [6.07, 6.45) is 0. The SMILES string of the molecule is NNC(CSc1cccc(Cl)c1)c1cccc(Cl)c1Cl. The third-order valence-electron chi connectivity index (χ3n) is 2.77. The van der Waals surface area contributed by atoms with Crippen LogP contribution in [0.25, 0.3) is 0 Å². The van der Waals surface area contributed by atoms with E-state index in [4.69, 9.17) is 40.6 Å². The van der Waals surface area contributed by atoms with Crippen LogP contribution in [-0.2, 0) is 0 Å². The largest absolute Gasteiger partial charge is 0.271 e. The van der Waals surface area contributed by atoms with Crippen molar-refractivity contribution in [2.45, 2.75) is 10.9 Å². The average molecular weight is 348 g/mol. The molecule has 106 valence electrons. The molecule has 2 rings (SSSR count). The number of rotatable bonds is 5. The third-order valence-corrected chi connectivity index (χ3v) is 4.93. The molecule has 3 N–H and O–H groups in total. The zero-order valence-corrected chi connectivity index (χ0v) is 13.5. The lowest BCUT2D eigenvalue weighted by Crippen LogP contribution is -2.29. The Morgan fingerprint density at radius 1 is 1.10 bits per heavy atom. The van der Waals surface area contributed by atoms with Gasteiger partial charge < -0.3 is 0 Å². The number of benzene rings is 2. The summed E-state index contributed by atoms with van der Waals surface area (Å²) in [4.78, 5) is 1.08. The number of hydrogen-bond donors (Lipinski definition) is 2. The summed E-state index contributed by atoms with van der Waals surface area (Å²) in [5, 5.41) is 1.77. The van der Waals surface area contributed by atoms with Gasteiger partial charge in [-0.05, 0) is 29.8 Å². The van der Waals surface area contributed by atoms with E-state index in [1.54, 1.807) is 17.8 Å². The van der Waals surface area contributed by atoms with E-state index in [0.717, 1.165) is 16.2 Å². The molecule has 0 spiro atoms. The zero-order valence-electron chi connectivity index (χ0n) is 10.4. The van der Waals surface area contributed by atoms with Gasteiger partial charge in [-0.25, -0.2) is 0 Å². The molecule has 2 aromatic rings. The Bertz CT molecular complexity index is 592. The lowest BCUT2D eigenvalue weighted by molar-refractivity contribution is 0.611. The Hall–Kier alpha value is -0.420. The van der Waals surface area contributed by atoms with E-state index < -0.39 is 0 Å². The molecule has 0 aliphatic rings. The van der Waals surface area contributed by atoms with Crippen LogP contribution in [0.4, 0.5) is 0 Å². The molecular formula is C14H13Cl3N2S. The van der Waals surface area contributed by atoms with E-state index >= 15 is 0 Å². The summed E-state index contributed by atoms with van der Waals surface area (Å²) in [6.45, 7) is 0. The van der Waals surface area contributed by atoms with Crippen molar-refractivity contribution in [1.82, 2.24) is 5.43 Å². The quantitative estimate of drug-likeness (QED) is 0.457. The zero-order chi connectivity index (χ0) is 14.5. The molecule has 0 saturated carbocycles. The predicted octanol–water partition coefficient (Wildman–Crippen LogP) is 4.94. The fraction of sp³-hybridized carbons (Fsp3) is 0.143. The first-order valence-electron chi connectivity index (χ1n) is 5.90. The van der Waals surface area contributed by atoms with Gasteiger partial charge in [0.2, 0.25) is 0 Å². The lowest BCUT2D eigenvalue weighted by atomic mass is 10.1. The van der Waals surface area contributed by atoms with Gasteiger partial charge in [0.25, 0.3) is 0 Å². The molecule has 2 nitrogen and oxygen atoms in total. The number of halogens is 3. The van der Waals surface area contributed by atoms with Gasteiger partial charge in [0.05, 0.1) is 16.1 Å². The van der Waals surface area contributed by atoms with E-state index in [-0.39, 0.29) is 6.04 Å². The van der Waals surface area contributed by atoms with E-state index in [2.05, 4.69) is 5.43 Å². The normalized spacial score (nSPS) is 12.4. The highest BCUT2D eigenvalue weighted by Crippen LogP contribution is 2.33. The Kier molecular flexibility index (Phi) is 6.02. The summed E-state index contributed by atoms with van der Waals surface area (Å²) in [6, 6.07) is 13.1. The van der Waals surface area contributed by atoms with Crippen molar-refractivity contribution in [2.24, 2.45) is 5.84 Å². The van der Waals surface area contributed by atoms with Crippen LogP contribution < -0.4 is 11.3 Å². The van der Waals surface area contributed by atoms with Gasteiger partial charge in [-0.2, -0.15) is 0 Å². The van der Waals surface area contributed by atoms with Crippen molar-refractivity contribution in [3.63, 3.8) is 0 Å². The maximum Gasteiger partial charge on any atom is 0.0640 e. The second kappa shape index (κ2) is 7.55. The van der Waals surface area contributed by atoms with Gasteiger partial charge in [0, 0.05) is 15.7 Å². The second-order valence-corrected chi connectivity index (χ2v) is 6.45. The molecule has 0 heterocycles. The van der Waals surface area contributed by atoms with Gasteiger partial charge in [0.15, 0.2) is 0 Å². The number of hydrogen-bond acceptors (Lipinski definition) is 3. The molecule has 1 unspecified atom stereocenters. The van der Waals surface area contributed by atoms with E-state index in [1.165, 1.54) is 0 Å². The van der Waals surface area contributed by atoms with E-state index in [0.29, 0.717) is 15.1 Å². The van der Waals surface area contributed by atoms with Crippen LogP contribution >= 0.6 is 46.6 Å². The monoisotopic (exact) mass is 346 g/mol. The molecule has 0 amide bonds. The van der Waals surface area contributed by atoms with E-state index in [9.17, 15) is 0 Å². The molecule has 2 aromatic carbocycles. The summed E-state index contributed by atoms with van der Waals surface area (Å²) in [5.74, 6) is 6.35. The molecular weight excluding hydrogens is 335 g/mol. The first-order valence-corrected chi connectivity index (χ1v) is 8.02. The Morgan fingerprint density at radius 3 is 2.55 bits per heavy atom. The summed E-state index contributed by atoms with van der Waals surface area (Å²) < 4.78 is 0. The highest BCUT2D eigenvalue weighted by Gasteiger charge is 2.15. The molecule has 0 aliphatic heterocycles. The molecule has 0 radical (unpaired) electrons. The van der Waals surface area contributed by atoms with Crippen LogP contribution in [0, 0.1) is 0 Å². The van der Waals surface area contributed by atoms with Gasteiger partial charge in [0.1, 0.15) is 0 Å². The van der Waals surface area contributed by atoms with Crippen LogP contribution in [0.3, 0.4) is 0 Å². The maximum atomic E-state index is 6.22. The predicted molar refractivity (Wildman–Crippen MR) is 88.7 cm³/mol. The first kappa shape index (κ1) is 16.0. The topological polar surface area (TPSA) is 38.0 Å². The minimum absolute atomic E-state index is 0.0924. The maximum absolute atomic E-state index is 6.22. The van der Waals surface area contributed by atoms with Gasteiger partial charge in [-0.15, -0.1) is 11.8 Å². The molecule has 20 heavy (non-hydrogen) atoms. The van der Waals surface area contributed by atoms with Crippen molar-refractivity contribution >= 4 is 46.6 Å². The van der Waals surface area contributed by atoms with Crippen LogP contribution in [0.5, 0.6) is 0 Å². The number of nitrogens with one attached hydrogen (secondary N) is 1. The number of thioether (sulfide) groups is 1. The highest BCUT2D eigenvalue weighted by molar-refractivity contribution is 7.99. The summed E-state index contributed by atoms with van der Waals surface area (Å²) in [7, 11) is 0. The highest BCUT2D eigenvalue weighted by atomic mass is 35.5. The Balaban J connectivity index is 2.11. The Labute approximate surface area is 137 Å². The van der Waals surface area contributed by atoms with E-state index in [1.807, 2.05) is 36.4 Å². The third kappa shape index (κ3) is 4.04. The van der Waals surface area contributed by atoms with Crippen LogP contribution in [0.2, 0.25) is 15.1 Å². The molecule has 6 heteroatoms. The number of hydrazine groups is 1. The minimum Gasteiger partial charge on any atom is -0.271 e. The molecule has 0 aromatic heterocycles.